The highest BCUT2D eigenvalue weighted by Gasteiger charge is 2.30. The van der Waals surface area contributed by atoms with Gasteiger partial charge in [0.15, 0.2) is 0 Å². The number of carbonyl (C=O) groups is 1. The number of nitrogens with one attached hydrogen (secondary N) is 1. The molecular weight excluding hydrogens is 333 g/mol. The highest BCUT2D eigenvalue weighted by Crippen LogP contribution is 2.34. The Morgan fingerprint density at radius 2 is 1.81 bits per heavy atom. The van der Waals surface area contributed by atoms with Gasteiger partial charge in [0.05, 0.1) is 11.1 Å². The van der Waals surface area contributed by atoms with E-state index >= 15 is 0 Å². The maximum Gasteiger partial charge on any atom is 0.262 e. The third-order valence-corrected chi connectivity index (χ3v) is 5.15. The minimum absolute atomic E-state index is 0.0476. The van der Waals surface area contributed by atoms with E-state index < -0.39 is 15.1 Å². The van der Waals surface area contributed by atoms with E-state index in [1.54, 1.807) is 18.2 Å². The summed E-state index contributed by atoms with van der Waals surface area (Å²) in [6.07, 6.45) is 0. The molecule has 0 aromatic heterocycles. The van der Waals surface area contributed by atoms with Crippen molar-refractivity contribution >= 4 is 37.2 Å². The number of carbonyl (C=O) groups excluding carboxylic acids is 1. The molecule has 1 amide bonds. The van der Waals surface area contributed by atoms with Crippen molar-refractivity contribution in [3.63, 3.8) is 0 Å². The molecule has 3 rings (SSSR count). The Bertz CT molecular complexity index is 849. The Kier molecular flexibility index (Phi) is 3.43. The lowest BCUT2D eigenvalue weighted by atomic mass is 9.99. The number of fused-ring (bicyclic) bond motifs is 1. The standard InChI is InChI=1S/C14H9Cl2NO3S/c15-11-6-5-8(7-12(11)21(16,19)20)13-9-3-1-2-4-10(9)14(18)17-13/h1-7,13H,(H,17,18). The molecule has 0 aliphatic carbocycles. The molecule has 1 N–H and O–H groups in total. The van der Waals surface area contributed by atoms with E-state index in [0.29, 0.717) is 11.1 Å². The van der Waals surface area contributed by atoms with E-state index in [1.807, 2.05) is 12.1 Å². The number of rotatable bonds is 2. The number of hydrogen-bond acceptors (Lipinski definition) is 3. The van der Waals surface area contributed by atoms with E-state index in [2.05, 4.69) is 5.32 Å². The second kappa shape index (κ2) is 5.02. The third kappa shape index (κ3) is 2.52. The minimum atomic E-state index is -3.95. The van der Waals surface area contributed by atoms with Crippen LogP contribution in [0, 0.1) is 0 Å². The van der Waals surface area contributed by atoms with E-state index in [1.165, 1.54) is 12.1 Å². The summed E-state index contributed by atoms with van der Waals surface area (Å²) in [4.78, 5) is 11.8. The lowest BCUT2D eigenvalue weighted by Gasteiger charge is -2.13. The Morgan fingerprint density at radius 1 is 1.10 bits per heavy atom. The molecule has 21 heavy (non-hydrogen) atoms. The maximum atomic E-state index is 11.9. The Morgan fingerprint density at radius 3 is 2.52 bits per heavy atom. The molecule has 0 radical (unpaired) electrons. The van der Waals surface area contributed by atoms with Crippen molar-refractivity contribution in [1.82, 2.24) is 5.32 Å². The zero-order valence-electron chi connectivity index (χ0n) is 10.5. The van der Waals surface area contributed by atoms with Crippen LogP contribution in [0.4, 0.5) is 0 Å². The summed E-state index contributed by atoms with van der Waals surface area (Å²) in [6, 6.07) is 11.2. The summed E-state index contributed by atoms with van der Waals surface area (Å²) >= 11 is 5.87. The summed E-state index contributed by atoms with van der Waals surface area (Å²) in [5, 5.41) is 2.86. The van der Waals surface area contributed by atoms with Gasteiger partial charge >= 0.3 is 0 Å². The van der Waals surface area contributed by atoms with Crippen LogP contribution in [0.5, 0.6) is 0 Å². The van der Waals surface area contributed by atoms with Crippen molar-refractivity contribution in [2.75, 3.05) is 0 Å². The van der Waals surface area contributed by atoms with E-state index in [0.717, 1.165) is 5.56 Å². The van der Waals surface area contributed by atoms with Gasteiger partial charge in [0.1, 0.15) is 4.90 Å². The zero-order valence-corrected chi connectivity index (χ0v) is 12.8. The molecule has 1 heterocycles. The van der Waals surface area contributed by atoms with Crippen molar-refractivity contribution in [3.8, 4) is 0 Å². The molecule has 0 fully saturated rings. The minimum Gasteiger partial charge on any atom is -0.341 e. The number of benzene rings is 2. The fourth-order valence-electron chi connectivity index (χ4n) is 2.39. The predicted molar refractivity (Wildman–Crippen MR) is 80.2 cm³/mol. The number of amides is 1. The van der Waals surface area contributed by atoms with Gasteiger partial charge in [-0.15, -0.1) is 0 Å². The number of halogens is 2. The van der Waals surface area contributed by atoms with Crippen molar-refractivity contribution in [2.24, 2.45) is 0 Å². The van der Waals surface area contributed by atoms with E-state index in [9.17, 15) is 13.2 Å². The van der Waals surface area contributed by atoms with Gasteiger partial charge in [-0.3, -0.25) is 4.79 Å². The quantitative estimate of drug-likeness (QED) is 0.853. The summed E-state index contributed by atoms with van der Waals surface area (Å²) < 4.78 is 23.0. The fourth-order valence-corrected chi connectivity index (χ4v) is 3.89. The van der Waals surface area contributed by atoms with Gasteiger partial charge in [-0.25, -0.2) is 8.42 Å². The lowest BCUT2D eigenvalue weighted by molar-refractivity contribution is 0.0960. The Labute approximate surface area is 131 Å². The van der Waals surface area contributed by atoms with Crippen molar-refractivity contribution in [1.29, 1.82) is 0 Å². The van der Waals surface area contributed by atoms with Crippen LogP contribution in [0.25, 0.3) is 0 Å². The van der Waals surface area contributed by atoms with E-state index in [4.69, 9.17) is 22.3 Å². The predicted octanol–water partition coefficient (Wildman–Crippen LogP) is 3.10. The molecule has 1 aliphatic rings. The highest BCUT2D eigenvalue weighted by molar-refractivity contribution is 8.13. The molecule has 108 valence electrons. The molecule has 0 saturated carbocycles. The van der Waals surface area contributed by atoms with Gasteiger partial charge in [-0.1, -0.05) is 35.9 Å². The second-order valence-electron chi connectivity index (χ2n) is 4.62. The first-order valence-electron chi connectivity index (χ1n) is 6.02. The molecule has 1 atom stereocenters. The normalized spacial score (nSPS) is 17.4. The van der Waals surface area contributed by atoms with Gasteiger partial charge < -0.3 is 5.32 Å². The van der Waals surface area contributed by atoms with Crippen LogP contribution in [0.15, 0.2) is 47.4 Å². The van der Waals surface area contributed by atoms with Crippen LogP contribution in [-0.4, -0.2) is 14.3 Å². The van der Waals surface area contributed by atoms with Crippen LogP contribution in [0.2, 0.25) is 5.02 Å². The molecule has 2 aromatic rings. The van der Waals surface area contributed by atoms with Gasteiger partial charge in [-0.2, -0.15) is 0 Å². The maximum absolute atomic E-state index is 11.9. The molecule has 0 bridgehead atoms. The highest BCUT2D eigenvalue weighted by atomic mass is 35.7. The lowest BCUT2D eigenvalue weighted by Crippen LogP contribution is -2.20. The van der Waals surface area contributed by atoms with Gasteiger partial charge in [0, 0.05) is 16.2 Å². The number of hydrogen-bond donors (Lipinski definition) is 1. The van der Waals surface area contributed by atoms with Crippen molar-refractivity contribution < 1.29 is 13.2 Å². The molecule has 0 spiro atoms. The molecule has 4 nitrogen and oxygen atoms in total. The largest absolute Gasteiger partial charge is 0.341 e. The average Bonchev–Trinajstić information content (AvgIpc) is 2.76. The van der Waals surface area contributed by atoms with Crippen molar-refractivity contribution in [2.45, 2.75) is 10.9 Å². The molecular formula is C14H9Cl2NO3S. The summed E-state index contributed by atoms with van der Waals surface area (Å²) in [5.74, 6) is -0.194. The smallest absolute Gasteiger partial charge is 0.262 e. The van der Waals surface area contributed by atoms with Gasteiger partial charge in [-0.05, 0) is 29.3 Å². The summed E-state index contributed by atoms with van der Waals surface area (Å²) in [6.45, 7) is 0. The average molecular weight is 342 g/mol. The second-order valence-corrected chi connectivity index (χ2v) is 7.56. The zero-order chi connectivity index (χ0) is 15.2. The monoisotopic (exact) mass is 341 g/mol. The van der Waals surface area contributed by atoms with Crippen LogP contribution < -0.4 is 5.32 Å². The first-order valence-corrected chi connectivity index (χ1v) is 8.70. The Hall–Kier alpha value is -1.56. The SMILES string of the molecule is O=C1NC(c2ccc(Cl)c(S(=O)(=O)Cl)c2)c2ccccc21. The first kappa shape index (κ1) is 14.4. The molecule has 1 aliphatic heterocycles. The van der Waals surface area contributed by atoms with Crippen LogP contribution >= 0.6 is 22.3 Å². The van der Waals surface area contributed by atoms with Crippen LogP contribution in [-0.2, 0) is 9.05 Å². The Balaban J connectivity index is 2.14. The molecule has 7 heteroatoms. The van der Waals surface area contributed by atoms with Crippen molar-refractivity contribution in [3.05, 3.63) is 64.2 Å². The van der Waals surface area contributed by atoms with Crippen LogP contribution in [0.3, 0.4) is 0 Å². The van der Waals surface area contributed by atoms with E-state index in [-0.39, 0.29) is 15.8 Å². The molecule has 2 aromatic carbocycles. The van der Waals surface area contributed by atoms with Crippen LogP contribution in [0.1, 0.15) is 27.5 Å². The third-order valence-electron chi connectivity index (χ3n) is 3.34. The van der Waals surface area contributed by atoms with Gasteiger partial charge in [0.25, 0.3) is 15.0 Å². The fraction of sp³-hybridized carbons (Fsp3) is 0.0714. The topological polar surface area (TPSA) is 63.2 Å². The molecule has 0 saturated heterocycles. The summed E-state index contributed by atoms with van der Waals surface area (Å²) in [7, 11) is 1.42. The van der Waals surface area contributed by atoms with Gasteiger partial charge in [0.2, 0.25) is 0 Å². The first-order chi connectivity index (χ1) is 9.88. The summed E-state index contributed by atoms with van der Waals surface area (Å²) in [5.41, 5.74) is 1.98. The molecule has 1 unspecified atom stereocenters.